The molecular weight excluding hydrogens is 400 g/mol. The highest BCUT2D eigenvalue weighted by Crippen LogP contribution is 2.38. The van der Waals surface area contributed by atoms with Crippen molar-refractivity contribution in [1.82, 2.24) is 0 Å². The van der Waals surface area contributed by atoms with Gasteiger partial charge in [0.1, 0.15) is 11.4 Å². The number of anilines is 2. The first kappa shape index (κ1) is 19.7. The van der Waals surface area contributed by atoms with Gasteiger partial charge in [-0.05, 0) is 42.8 Å². The second-order valence-corrected chi connectivity index (χ2v) is 7.18. The van der Waals surface area contributed by atoms with E-state index >= 15 is 0 Å². The van der Waals surface area contributed by atoms with Gasteiger partial charge < -0.3 is 10.1 Å². The van der Waals surface area contributed by atoms with Crippen LogP contribution < -0.4 is 15.0 Å². The minimum Gasteiger partial charge on any atom is -0.496 e. The maximum atomic E-state index is 13.5. The van der Waals surface area contributed by atoms with E-state index in [1.54, 1.807) is 54.6 Å². The summed E-state index contributed by atoms with van der Waals surface area (Å²) in [6, 6.07) is 21.4. The molecule has 6 heteroatoms. The molecule has 3 aromatic rings. The molecule has 1 N–H and O–H groups in total. The van der Waals surface area contributed by atoms with Crippen LogP contribution in [0.1, 0.15) is 11.1 Å². The Balaban J connectivity index is 1.89. The monoisotopic (exact) mass is 418 g/mol. The van der Waals surface area contributed by atoms with Gasteiger partial charge >= 0.3 is 0 Å². The third kappa shape index (κ3) is 3.33. The molecule has 1 aliphatic rings. The van der Waals surface area contributed by atoms with Gasteiger partial charge in [0.15, 0.2) is 0 Å². The van der Waals surface area contributed by atoms with Crippen molar-refractivity contribution in [3.05, 3.63) is 94.6 Å². The van der Waals surface area contributed by atoms with E-state index in [0.29, 0.717) is 27.7 Å². The number of imide groups is 1. The van der Waals surface area contributed by atoms with Crippen LogP contribution in [0.2, 0.25) is 5.02 Å². The van der Waals surface area contributed by atoms with Gasteiger partial charge in [0.05, 0.1) is 18.4 Å². The number of rotatable bonds is 5. The van der Waals surface area contributed by atoms with Gasteiger partial charge in [-0.2, -0.15) is 0 Å². The van der Waals surface area contributed by atoms with Crippen LogP contribution in [0, 0.1) is 6.92 Å². The largest absolute Gasteiger partial charge is 0.496 e. The topological polar surface area (TPSA) is 58.6 Å². The molecule has 0 atom stereocenters. The van der Waals surface area contributed by atoms with Crippen molar-refractivity contribution in [1.29, 1.82) is 0 Å². The van der Waals surface area contributed by atoms with Crippen LogP contribution in [0.15, 0.2) is 78.5 Å². The van der Waals surface area contributed by atoms with Crippen molar-refractivity contribution in [3.63, 3.8) is 0 Å². The van der Waals surface area contributed by atoms with Crippen molar-refractivity contribution >= 4 is 40.4 Å². The lowest BCUT2D eigenvalue weighted by Crippen LogP contribution is -2.32. The van der Waals surface area contributed by atoms with Gasteiger partial charge in [0, 0.05) is 16.3 Å². The minimum atomic E-state index is -0.438. The van der Waals surface area contributed by atoms with E-state index in [-0.39, 0.29) is 11.3 Å². The molecule has 1 heterocycles. The number of nitrogens with one attached hydrogen (secondary N) is 1. The lowest BCUT2D eigenvalue weighted by atomic mass is 10.0. The number of halogens is 1. The maximum Gasteiger partial charge on any atom is 0.282 e. The average molecular weight is 419 g/mol. The summed E-state index contributed by atoms with van der Waals surface area (Å²) in [6.07, 6.45) is 0. The Hall–Kier alpha value is -3.57. The molecule has 0 saturated heterocycles. The summed E-state index contributed by atoms with van der Waals surface area (Å²) in [5.74, 6) is -0.352. The van der Waals surface area contributed by atoms with Gasteiger partial charge in [0.25, 0.3) is 11.8 Å². The van der Waals surface area contributed by atoms with Crippen LogP contribution in [0.5, 0.6) is 5.75 Å². The molecule has 0 unspecified atom stereocenters. The Bertz CT molecular complexity index is 1170. The quantitative estimate of drug-likeness (QED) is 0.589. The van der Waals surface area contributed by atoms with E-state index in [1.807, 2.05) is 25.1 Å². The Labute approximate surface area is 179 Å². The van der Waals surface area contributed by atoms with Gasteiger partial charge in [-0.3, -0.25) is 9.59 Å². The normalized spacial score (nSPS) is 13.8. The molecule has 3 aromatic carbocycles. The highest BCUT2D eigenvalue weighted by Gasteiger charge is 2.41. The SMILES string of the molecule is COc1ccccc1C1=C(Nc2cccc(Cl)c2C)C(=O)N(c2ccccc2)C1=O. The molecule has 150 valence electrons. The van der Waals surface area contributed by atoms with Crippen molar-refractivity contribution in [2.45, 2.75) is 6.92 Å². The van der Waals surface area contributed by atoms with Crippen LogP contribution >= 0.6 is 11.6 Å². The van der Waals surface area contributed by atoms with Crippen molar-refractivity contribution < 1.29 is 14.3 Å². The highest BCUT2D eigenvalue weighted by atomic mass is 35.5. The molecule has 4 rings (SSSR count). The molecule has 0 aliphatic carbocycles. The lowest BCUT2D eigenvalue weighted by Gasteiger charge is -2.15. The predicted molar refractivity (Wildman–Crippen MR) is 119 cm³/mol. The molecule has 5 nitrogen and oxygen atoms in total. The van der Waals surface area contributed by atoms with Crippen LogP contribution in [0.25, 0.3) is 5.57 Å². The van der Waals surface area contributed by atoms with Crippen molar-refractivity contribution in [3.8, 4) is 5.75 Å². The molecule has 0 spiro atoms. The highest BCUT2D eigenvalue weighted by molar-refractivity contribution is 6.46. The van der Waals surface area contributed by atoms with E-state index in [1.165, 1.54) is 12.0 Å². The number of ether oxygens (including phenoxy) is 1. The average Bonchev–Trinajstić information content (AvgIpc) is 3.01. The number of carbonyl (C=O) groups excluding carboxylic acids is 2. The first-order valence-corrected chi connectivity index (χ1v) is 9.74. The fraction of sp³-hybridized carbons (Fsp3) is 0.0833. The van der Waals surface area contributed by atoms with Crippen LogP contribution in [0.4, 0.5) is 11.4 Å². The number of carbonyl (C=O) groups is 2. The standard InChI is InChI=1S/C24H19ClN2O3/c1-15-18(25)12-8-13-19(15)26-22-21(17-11-6-7-14-20(17)30-2)23(28)27(24(22)29)16-9-4-3-5-10-16/h3-14,26H,1-2H3. The summed E-state index contributed by atoms with van der Waals surface area (Å²) in [5.41, 5.74) is 2.91. The summed E-state index contributed by atoms with van der Waals surface area (Å²) < 4.78 is 5.46. The predicted octanol–water partition coefficient (Wildman–Crippen LogP) is 5.05. The molecule has 2 amide bonds. The van der Waals surface area contributed by atoms with Gasteiger partial charge in [-0.1, -0.05) is 54.1 Å². The fourth-order valence-corrected chi connectivity index (χ4v) is 3.61. The zero-order valence-corrected chi connectivity index (χ0v) is 17.2. The second kappa shape index (κ2) is 8.05. The Morgan fingerprint density at radius 1 is 0.867 bits per heavy atom. The van der Waals surface area contributed by atoms with E-state index in [0.717, 1.165) is 5.56 Å². The molecule has 0 fully saturated rings. The molecule has 0 aromatic heterocycles. The summed E-state index contributed by atoms with van der Waals surface area (Å²) in [4.78, 5) is 28.0. The van der Waals surface area contributed by atoms with Crippen molar-refractivity contribution in [2.75, 3.05) is 17.3 Å². The fourth-order valence-electron chi connectivity index (χ4n) is 3.44. The second-order valence-electron chi connectivity index (χ2n) is 6.77. The molecule has 1 aliphatic heterocycles. The molecule has 0 saturated carbocycles. The zero-order valence-electron chi connectivity index (χ0n) is 16.5. The Morgan fingerprint density at radius 3 is 2.30 bits per heavy atom. The minimum absolute atomic E-state index is 0.179. The molecule has 30 heavy (non-hydrogen) atoms. The van der Waals surface area contributed by atoms with E-state index in [9.17, 15) is 9.59 Å². The number of nitrogens with zero attached hydrogens (tertiary/aromatic N) is 1. The van der Waals surface area contributed by atoms with E-state index in [4.69, 9.17) is 16.3 Å². The Morgan fingerprint density at radius 2 is 1.57 bits per heavy atom. The number of methoxy groups -OCH3 is 1. The maximum absolute atomic E-state index is 13.5. The third-order valence-electron chi connectivity index (χ3n) is 5.00. The molecule has 0 bridgehead atoms. The first-order valence-electron chi connectivity index (χ1n) is 9.36. The smallest absolute Gasteiger partial charge is 0.282 e. The number of hydrogen-bond donors (Lipinski definition) is 1. The third-order valence-corrected chi connectivity index (χ3v) is 5.41. The van der Waals surface area contributed by atoms with Gasteiger partial charge in [0.2, 0.25) is 0 Å². The number of benzene rings is 3. The summed E-state index contributed by atoms with van der Waals surface area (Å²) >= 11 is 6.25. The van der Waals surface area contributed by atoms with Crippen LogP contribution in [0.3, 0.4) is 0 Å². The van der Waals surface area contributed by atoms with Crippen LogP contribution in [-0.2, 0) is 9.59 Å². The number of amides is 2. The van der Waals surface area contributed by atoms with E-state index < -0.39 is 11.8 Å². The van der Waals surface area contributed by atoms with Gasteiger partial charge in [-0.15, -0.1) is 0 Å². The molecule has 0 radical (unpaired) electrons. The van der Waals surface area contributed by atoms with E-state index in [2.05, 4.69) is 5.32 Å². The zero-order chi connectivity index (χ0) is 21.3. The van der Waals surface area contributed by atoms with Crippen LogP contribution in [-0.4, -0.2) is 18.9 Å². The van der Waals surface area contributed by atoms with Crippen molar-refractivity contribution in [2.24, 2.45) is 0 Å². The number of para-hydroxylation sites is 2. The first-order chi connectivity index (χ1) is 14.5. The molecular formula is C24H19ClN2O3. The summed E-state index contributed by atoms with van der Waals surface area (Å²) in [5, 5.41) is 3.72. The lowest BCUT2D eigenvalue weighted by molar-refractivity contribution is -0.120. The Kier molecular flexibility index (Phi) is 5.29. The van der Waals surface area contributed by atoms with Gasteiger partial charge in [-0.25, -0.2) is 4.90 Å². The summed E-state index contributed by atoms with van der Waals surface area (Å²) in [7, 11) is 1.53. The summed E-state index contributed by atoms with van der Waals surface area (Å²) in [6.45, 7) is 1.85. The number of hydrogen-bond acceptors (Lipinski definition) is 4.